The maximum Gasteiger partial charge on any atom is 0.331 e. The molecule has 146 valence electrons. The average Bonchev–Trinajstić information content (AvgIpc) is 3.17. The van der Waals surface area contributed by atoms with Crippen molar-refractivity contribution in [3.63, 3.8) is 0 Å². The quantitative estimate of drug-likeness (QED) is 0.573. The van der Waals surface area contributed by atoms with Gasteiger partial charge in [0.1, 0.15) is 5.75 Å². The number of aromatic nitrogens is 3. The fourth-order valence-electron chi connectivity index (χ4n) is 4.18. The SMILES string of the molecule is COc1cccc([C@@H]2Nc3ccccc3-n3cc4c(=O)n(C)c(=O)n(C)c4c32)c1. The molecule has 0 fully saturated rings. The van der Waals surface area contributed by atoms with E-state index in [9.17, 15) is 9.59 Å². The minimum atomic E-state index is -0.347. The van der Waals surface area contributed by atoms with Gasteiger partial charge in [-0.2, -0.15) is 0 Å². The molecule has 0 spiro atoms. The largest absolute Gasteiger partial charge is 0.497 e. The van der Waals surface area contributed by atoms with Gasteiger partial charge in [-0.1, -0.05) is 24.3 Å². The zero-order valence-electron chi connectivity index (χ0n) is 16.3. The number of benzene rings is 2. The summed E-state index contributed by atoms with van der Waals surface area (Å²) in [5.41, 5.74) is 3.71. The summed E-state index contributed by atoms with van der Waals surface area (Å²) in [6, 6.07) is 15.5. The number of anilines is 1. The molecular formula is C22H20N4O3. The molecule has 3 heterocycles. The first-order valence-electron chi connectivity index (χ1n) is 9.32. The molecule has 0 saturated carbocycles. The Bertz CT molecular complexity index is 1390. The van der Waals surface area contributed by atoms with Crippen molar-refractivity contribution >= 4 is 16.6 Å². The average molecular weight is 388 g/mol. The molecule has 1 aliphatic heterocycles. The van der Waals surface area contributed by atoms with Crippen molar-refractivity contribution in [3.05, 3.63) is 86.8 Å². The summed E-state index contributed by atoms with van der Waals surface area (Å²) in [5, 5.41) is 4.09. The van der Waals surface area contributed by atoms with Gasteiger partial charge in [0.2, 0.25) is 0 Å². The van der Waals surface area contributed by atoms with E-state index in [1.165, 1.54) is 7.05 Å². The Morgan fingerprint density at radius 2 is 1.79 bits per heavy atom. The topological polar surface area (TPSA) is 70.2 Å². The molecule has 0 saturated heterocycles. The number of nitrogens with one attached hydrogen (secondary N) is 1. The van der Waals surface area contributed by atoms with Crippen LogP contribution in [0.1, 0.15) is 17.3 Å². The molecular weight excluding hydrogens is 368 g/mol. The van der Waals surface area contributed by atoms with Gasteiger partial charge in [0.15, 0.2) is 0 Å². The van der Waals surface area contributed by atoms with Gasteiger partial charge in [0, 0.05) is 20.3 Å². The van der Waals surface area contributed by atoms with E-state index in [-0.39, 0.29) is 17.3 Å². The Hall–Kier alpha value is -3.74. The second-order valence-electron chi connectivity index (χ2n) is 7.22. The summed E-state index contributed by atoms with van der Waals surface area (Å²) < 4.78 is 10.1. The molecule has 0 unspecified atom stereocenters. The van der Waals surface area contributed by atoms with E-state index in [2.05, 4.69) is 5.32 Å². The summed E-state index contributed by atoms with van der Waals surface area (Å²) in [4.78, 5) is 25.5. The van der Waals surface area contributed by atoms with Crippen LogP contribution in [0, 0.1) is 0 Å². The van der Waals surface area contributed by atoms with Crippen LogP contribution in [-0.4, -0.2) is 20.8 Å². The molecule has 29 heavy (non-hydrogen) atoms. The van der Waals surface area contributed by atoms with Crippen LogP contribution in [0.15, 0.2) is 64.3 Å². The van der Waals surface area contributed by atoms with Crippen molar-refractivity contribution in [1.82, 2.24) is 13.7 Å². The lowest BCUT2D eigenvalue weighted by Crippen LogP contribution is -2.37. The molecule has 4 aromatic rings. The maximum absolute atomic E-state index is 12.9. The smallest absolute Gasteiger partial charge is 0.331 e. The van der Waals surface area contributed by atoms with E-state index in [1.54, 1.807) is 18.7 Å². The van der Waals surface area contributed by atoms with Crippen LogP contribution < -0.4 is 21.3 Å². The lowest BCUT2D eigenvalue weighted by molar-refractivity contribution is 0.414. The van der Waals surface area contributed by atoms with Gasteiger partial charge < -0.3 is 14.6 Å². The minimum absolute atomic E-state index is 0.254. The number of hydrogen-bond acceptors (Lipinski definition) is 4. The summed E-state index contributed by atoms with van der Waals surface area (Å²) in [6.07, 6.45) is 1.83. The fraction of sp³-hybridized carbons (Fsp3) is 0.182. The second-order valence-corrected chi connectivity index (χ2v) is 7.22. The molecule has 2 aromatic carbocycles. The number of para-hydroxylation sites is 2. The van der Waals surface area contributed by atoms with Gasteiger partial charge in [-0.05, 0) is 29.8 Å². The number of fused-ring (bicyclic) bond motifs is 5. The van der Waals surface area contributed by atoms with Crippen molar-refractivity contribution in [2.24, 2.45) is 14.1 Å². The first-order valence-corrected chi connectivity index (χ1v) is 9.32. The van der Waals surface area contributed by atoms with Crippen LogP contribution in [0.4, 0.5) is 5.69 Å². The van der Waals surface area contributed by atoms with E-state index >= 15 is 0 Å². The highest BCUT2D eigenvalue weighted by molar-refractivity contribution is 5.86. The number of nitrogens with zero attached hydrogens (tertiary/aromatic N) is 3. The highest BCUT2D eigenvalue weighted by Gasteiger charge is 2.30. The van der Waals surface area contributed by atoms with Crippen LogP contribution in [0.5, 0.6) is 5.75 Å². The normalized spacial score (nSPS) is 14.9. The summed E-state index contributed by atoms with van der Waals surface area (Å²) in [6.45, 7) is 0. The third kappa shape index (κ3) is 2.37. The molecule has 0 amide bonds. The predicted octanol–water partition coefficient (Wildman–Crippen LogP) is 2.55. The first kappa shape index (κ1) is 17.4. The summed E-state index contributed by atoms with van der Waals surface area (Å²) in [7, 11) is 4.84. The van der Waals surface area contributed by atoms with Gasteiger partial charge in [-0.15, -0.1) is 0 Å². The highest BCUT2D eigenvalue weighted by Crippen LogP contribution is 2.40. The van der Waals surface area contributed by atoms with E-state index in [1.807, 2.05) is 59.3 Å². The summed E-state index contributed by atoms with van der Waals surface area (Å²) >= 11 is 0. The lowest BCUT2D eigenvalue weighted by atomic mass is 9.99. The molecule has 0 bridgehead atoms. The highest BCUT2D eigenvalue weighted by atomic mass is 16.5. The van der Waals surface area contributed by atoms with E-state index < -0.39 is 0 Å². The molecule has 1 aliphatic rings. The number of methoxy groups -OCH3 is 1. The van der Waals surface area contributed by atoms with Crippen molar-refractivity contribution in [2.45, 2.75) is 6.04 Å². The predicted molar refractivity (Wildman–Crippen MR) is 112 cm³/mol. The van der Waals surface area contributed by atoms with Gasteiger partial charge in [-0.3, -0.25) is 13.9 Å². The van der Waals surface area contributed by atoms with Crippen molar-refractivity contribution in [2.75, 3.05) is 12.4 Å². The van der Waals surface area contributed by atoms with E-state index in [0.717, 1.165) is 32.9 Å². The van der Waals surface area contributed by atoms with Crippen LogP contribution in [0.25, 0.3) is 16.6 Å². The van der Waals surface area contributed by atoms with Crippen LogP contribution in [0.3, 0.4) is 0 Å². The van der Waals surface area contributed by atoms with Gasteiger partial charge >= 0.3 is 5.69 Å². The zero-order valence-corrected chi connectivity index (χ0v) is 16.3. The fourth-order valence-corrected chi connectivity index (χ4v) is 4.18. The maximum atomic E-state index is 12.9. The van der Waals surface area contributed by atoms with Crippen LogP contribution in [-0.2, 0) is 14.1 Å². The minimum Gasteiger partial charge on any atom is -0.497 e. The Morgan fingerprint density at radius 3 is 2.59 bits per heavy atom. The Labute approximate surface area is 166 Å². The monoisotopic (exact) mass is 388 g/mol. The Morgan fingerprint density at radius 1 is 1.00 bits per heavy atom. The van der Waals surface area contributed by atoms with Crippen molar-refractivity contribution in [3.8, 4) is 11.4 Å². The third-order valence-corrected chi connectivity index (χ3v) is 5.62. The molecule has 0 radical (unpaired) electrons. The van der Waals surface area contributed by atoms with Gasteiger partial charge in [0.25, 0.3) is 5.56 Å². The van der Waals surface area contributed by atoms with Gasteiger partial charge in [0.05, 0.1) is 41.1 Å². The zero-order chi connectivity index (χ0) is 20.3. The molecule has 2 aromatic heterocycles. The Kier molecular flexibility index (Phi) is 3.67. The van der Waals surface area contributed by atoms with Crippen molar-refractivity contribution in [1.29, 1.82) is 0 Å². The van der Waals surface area contributed by atoms with Crippen LogP contribution in [0.2, 0.25) is 0 Å². The number of aryl methyl sites for hydroxylation is 1. The number of rotatable bonds is 2. The molecule has 7 heteroatoms. The Balaban J connectivity index is 1.91. The van der Waals surface area contributed by atoms with Crippen molar-refractivity contribution < 1.29 is 4.74 Å². The second kappa shape index (κ2) is 6.13. The van der Waals surface area contributed by atoms with E-state index in [0.29, 0.717) is 10.9 Å². The van der Waals surface area contributed by atoms with Gasteiger partial charge in [-0.25, -0.2) is 4.79 Å². The van der Waals surface area contributed by atoms with E-state index in [4.69, 9.17) is 4.74 Å². The molecule has 0 aliphatic carbocycles. The third-order valence-electron chi connectivity index (χ3n) is 5.62. The molecule has 1 N–H and O–H groups in total. The van der Waals surface area contributed by atoms with Crippen LogP contribution >= 0.6 is 0 Å². The first-order chi connectivity index (χ1) is 14.0. The molecule has 7 nitrogen and oxygen atoms in total. The molecule has 1 atom stereocenters. The summed E-state index contributed by atoms with van der Waals surface area (Å²) in [5.74, 6) is 0.746. The molecule has 5 rings (SSSR count). The lowest BCUT2D eigenvalue weighted by Gasteiger charge is -2.30. The number of ether oxygens (including phenoxy) is 1. The number of hydrogen-bond donors (Lipinski definition) is 1. The standard InChI is InChI=1S/C22H20N4O3/c1-24-19-15(21(27)25(2)22(24)28)12-26-17-10-5-4-9-16(17)23-18(20(19)26)13-7-6-8-14(11-13)29-3/h4-12,18,23H,1-3H3/t18-/m0/s1.